The van der Waals surface area contributed by atoms with Crippen molar-refractivity contribution in [3.8, 4) is 11.4 Å². The van der Waals surface area contributed by atoms with Gasteiger partial charge in [0.1, 0.15) is 0 Å². The smallest absolute Gasteiger partial charge is 0.192 e. The van der Waals surface area contributed by atoms with Crippen LogP contribution in [0, 0.1) is 0 Å². The molecule has 4 rings (SSSR count). The second kappa shape index (κ2) is 6.50. The Labute approximate surface area is 147 Å². The van der Waals surface area contributed by atoms with Crippen molar-refractivity contribution in [3.63, 3.8) is 0 Å². The van der Waals surface area contributed by atoms with Gasteiger partial charge in [0, 0.05) is 36.5 Å². The van der Waals surface area contributed by atoms with Crippen LogP contribution in [-0.4, -0.2) is 58.3 Å². The van der Waals surface area contributed by atoms with Crippen molar-refractivity contribution in [2.24, 2.45) is 0 Å². The molecule has 1 aromatic carbocycles. The van der Waals surface area contributed by atoms with Crippen LogP contribution < -0.4 is 0 Å². The number of aromatic nitrogens is 3. The van der Waals surface area contributed by atoms with Crippen LogP contribution in [0.1, 0.15) is 19.4 Å². The molecule has 0 spiro atoms. The summed E-state index contributed by atoms with van der Waals surface area (Å²) in [5.74, 6) is 2.05. The second-order valence-corrected chi connectivity index (χ2v) is 8.15. The summed E-state index contributed by atoms with van der Waals surface area (Å²) in [6, 6.07) is 8.56. The molecule has 0 atom stereocenters. The minimum atomic E-state index is 0.00842. The van der Waals surface area contributed by atoms with Crippen LogP contribution in [0.15, 0.2) is 29.4 Å². The highest BCUT2D eigenvalue weighted by Crippen LogP contribution is 2.39. The molecule has 0 saturated carbocycles. The monoisotopic (exact) mass is 344 g/mol. The maximum atomic E-state index is 5.41. The second-order valence-electron chi connectivity index (χ2n) is 7.09. The van der Waals surface area contributed by atoms with E-state index in [0.717, 1.165) is 56.0 Å². The van der Waals surface area contributed by atoms with Gasteiger partial charge in [0.15, 0.2) is 11.0 Å². The van der Waals surface area contributed by atoms with Crippen LogP contribution >= 0.6 is 11.8 Å². The van der Waals surface area contributed by atoms with Gasteiger partial charge in [0.2, 0.25) is 0 Å². The summed E-state index contributed by atoms with van der Waals surface area (Å²) in [5, 5.41) is 10.1. The molecule has 2 aromatic rings. The number of thioether (sulfide) groups is 1. The van der Waals surface area contributed by atoms with Crippen molar-refractivity contribution in [1.82, 2.24) is 19.7 Å². The topological polar surface area (TPSA) is 43.2 Å². The Morgan fingerprint density at radius 2 is 1.96 bits per heavy atom. The van der Waals surface area contributed by atoms with Gasteiger partial charge in [-0.15, -0.1) is 10.2 Å². The molecule has 2 aliphatic heterocycles. The van der Waals surface area contributed by atoms with Crippen molar-refractivity contribution >= 4 is 11.8 Å². The molecular formula is C18H24N4OS. The van der Waals surface area contributed by atoms with Crippen molar-refractivity contribution in [2.75, 3.05) is 38.6 Å². The highest BCUT2D eigenvalue weighted by molar-refractivity contribution is 7.99. The minimum absolute atomic E-state index is 0.00842. The van der Waals surface area contributed by atoms with E-state index in [9.17, 15) is 0 Å². The predicted molar refractivity (Wildman–Crippen MR) is 96.5 cm³/mol. The summed E-state index contributed by atoms with van der Waals surface area (Å²) in [6.45, 7) is 9.43. The Hall–Kier alpha value is -1.37. The van der Waals surface area contributed by atoms with Gasteiger partial charge >= 0.3 is 0 Å². The fraction of sp³-hybridized carbons (Fsp3) is 0.556. The zero-order valence-electron chi connectivity index (χ0n) is 14.4. The first-order chi connectivity index (χ1) is 11.6. The van der Waals surface area contributed by atoms with Crippen molar-refractivity contribution in [3.05, 3.63) is 29.8 Å². The van der Waals surface area contributed by atoms with E-state index in [4.69, 9.17) is 4.74 Å². The number of hydrogen-bond acceptors (Lipinski definition) is 5. The van der Waals surface area contributed by atoms with Crippen molar-refractivity contribution in [1.29, 1.82) is 0 Å². The summed E-state index contributed by atoms with van der Waals surface area (Å²) in [5.41, 5.74) is 2.60. The van der Waals surface area contributed by atoms with Gasteiger partial charge in [-0.05, 0) is 25.8 Å². The largest absolute Gasteiger partial charge is 0.379 e. The number of rotatable bonds is 4. The first kappa shape index (κ1) is 16.1. The molecule has 0 bridgehead atoms. The van der Waals surface area contributed by atoms with E-state index in [1.165, 1.54) is 11.1 Å². The van der Waals surface area contributed by atoms with E-state index in [1.54, 1.807) is 0 Å². The Balaban J connectivity index is 1.53. The molecule has 0 amide bonds. The highest BCUT2D eigenvalue weighted by atomic mass is 32.2. The Kier molecular flexibility index (Phi) is 4.37. The van der Waals surface area contributed by atoms with Crippen molar-refractivity contribution < 1.29 is 4.74 Å². The van der Waals surface area contributed by atoms with Gasteiger partial charge < -0.3 is 4.74 Å². The molecule has 0 unspecified atom stereocenters. The molecule has 5 nitrogen and oxygen atoms in total. The van der Waals surface area contributed by atoms with E-state index in [1.807, 2.05) is 11.8 Å². The summed E-state index contributed by atoms with van der Waals surface area (Å²) in [4.78, 5) is 2.46. The minimum Gasteiger partial charge on any atom is -0.379 e. The number of hydrogen-bond donors (Lipinski definition) is 0. The zero-order valence-corrected chi connectivity index (χ0v) is 15.2. The number of nitrogens with zero attached hydrogens (tertiary/aromatic N) is 4. The molecule has 3 heterocycles. The Morgan fingerprint density at radius 1 is 1.17 bits per heavy atom. The van der Waals surface area contributed by atoms with E-state index >= 15 is 0 Å². The van der Waals surface area contributed by atoms with Crippen LogP contribution in [0.2, 0.25) is 0 Å². The van der Waals surface area contributed by atoms with Gasteiger partial charge in [-0.2, -0.15) is 0 Å². The lowest BCUT2D eigenvalue weighted by Gasteiger charge is -2.34. The molecule has 0 aliphatic carbocycles. The van der Waals surface area contributed by atoms with Crippen molar-refractivity contribution in [2.45, 2.75) is 31.0 Å². The average molecular weight is 344 g/mol. The third-order valence-electron chi connectivity index (χ3n) is 4.86. The fourth-order valence-electron chi connectivity index (χ4n) is 3.61. The molecule has 24 heavy (non-hydrogen) atoms. The van der Waals surface area contributed by atoms with Crippen LogP contribution in [0.5, 0.6) is 0 Å². The molecule has 128 valence electrons. The lowest BCUT2D eigenvalue weighted by molar-refractivity contribution is 0.0410. The average Bonchev–Trinajstić information content (AvgIpc) is 3.01. The van der Waals surface area contributed by atoms with Gasteiger partial charge in [-0.25, -0.2) is 0 Å². The Bertz CT molecular complexity index is 722. The van der Waals surface area contributed by atoms with E-state index in [2.05, 4.69) is 57.8 Å². The van der Waals surface area contributed by atoms with Gasteiger partial charge in [0.25, 0.3) is 0 Å². The summed E-state index contributed by atoms with van der Waals surface area (Å²) in [6.07, 6.45) is 1.02. The van der Waals surface area contributed by atoms with Crippen LogP contribution in [0.3, 0.4) is 0 Å². The molecule has 0 radical (unpaired) electrons. The molecule has 1 fully saturated rings. The van der Waals surface area contributed by atoms with Gasteiger partial charge in [-0.3, -0.25) is 9.47 Å². The lowest BCUT2D eigenvalue weighted by Crippen LogP contribution is -2.37. The van der Waals surface area contributed by atoms with Crippen LogP contribution in [0.25, 0.3) is 11.4 Å². The van der Waals surface area contributed by atoms with Gasteiger partial charge in [0.05, 0.1) is 13.2 Å². The van der Waals surface area contributed by atoms with Gasteiger partial charge in [-0.1, -0.05) is 36.0 Å². The third kappa shape index (κ3) is 2.98. The predicted octanol–water partition coefficient (Wildman–Crippen LogP) is 2.66. The first-order valence-corrected chi connectivity index (χ1v) is 9.61. The normalized spacial score (nSPS) is 19.8. The number of ether oxygens (including phenoxy) is 1. The van der Waals surface area contributed by atoms with Crippen LogP contribution in [0.4, 0.5) is 0 Å². The third-order valence-corrected chi connectivity index (χ3v) is 5.77. The van der Waals surface area contributed by atoms with Crippen LogP contribution in [-0.2, 0) is 16.7 Å². The quantitative estimate of drug-likeness (QED) is 0.798. The van der Waals surface area contributed by atoms with E-state index in [-0.39, 0.29) is 5.54 Å². The molecule has 1 aromatic heterocycles. The SMILES string of the molecule is CC1(C)Cc2ccccc2-c2nnc(SCCN3CCOCC3)n21. The Morgan fingerprint density at radius 3 is 2.79 bits per heavy atom. The van der Waals surface area contributed by atoms with E-state index in [0.29, 0.717) is 0 Å². The molecule has 0 N–H and O–H groups in total. The summed E-state index contributed by atoms with van der Waals surface area (Å²) >= 11 is 1.82. The zero-order chi connectivity index (χ0) is 16.6. The first-order valence-electron chi connectivity index (χ1n) is 8.62. The molecule has 6 heteroatoms. The number of fused-ring (bicyclic) bond motifs is 3. The summed E-state index contributed by atoms with van der Waals surface area (Å²) < 4.78 is 7.74. The highest BCUT2D eigenvalue weighted by Gasteiger charge is 2.34. The van der Waals surface area contributed by atoms with E-state index < -0.39 is 0 Å². The maximum Gasteiger partial charge on any atom is 0.192 e. The fourth-order valence-corrected chi connectivity index (χ4v) is 4.71. The molecule has 2 aliphatic rings. The molecule has 1 saturated heterocycles. The maximum absolute atomic E-state index is 5.41. The number of benzene rings is 1. The molecular weight excluding hydrogens is 320 g/mol. The standard InChI is InChI=1S/C18H24N4OS/c1-18(2)13-14-5-3-4-6-15(14)16-19-20-17(22(16)18)24-12-9-21-7-10-23-11-8-21/h3-6H,7-13H2,1-2H3. The summed E-state index contributed by atoms with van der Waals surface area (Å²) in [7, 11) is 0. The number of morpholine rings is 1. The lowest BCUT2D eigenvalue weighted by atomic mass is 9.87.